The van der Waals surface area contributed by atoms with Crippen molar-refractivity contribution in [3.05, 3.63) is 65.7 Å². The molecule has 0 saturated heterocycles. The molecule has 1 fully saturated rings. The standard InChI is InChI=1S/C21H21N/c1-3-9-18(10-4-1)15-16-19-11-7-8-12-20(19)17-22-21-13-5-2-6-14-21/h2,5-8,11-14,17-18H,1,3-4,9-10H2. The Labute approximate surface area is 133 Å². The molecule has 0 unspecified atom stereocenters. The molecule has 1 heteroatoms. The lowest BCUT2D eigenvalue weighted by Gasteiger charge is -2.15. The van der Waals surface area contributed by atoms with E-state index in [0.717, 1.165) is 16.8 Å². The Bertz CT molecular complexity index is 683. The predicted octanol–water partition coefficient (Wildman–Crippen LogP) is 5.37. The second-order valence-corrected chi connectivity index (χ2v) is 5.79. The SMILES string of the molecule is C(#CC1CCCCC1)c1ccccc1C=Nc1ccccc1. The molecule has 1 aliphatic rings. The van der Waals surface area contributed by atoms with E-state index in [-0.39, 0.29) is 0 Å². The lowest BCUT2D eigenvalue weighted by molar-refractivity contribution is 0.430. The molecule has 0 aliphatic heterocycles. The van der Waals surface area contributed by atoms with E-state index < -0.39 is 0 Å². The van der Waals surface area contributed by atoms with Crippen molar-refractivity contribution in [1.82, 2.24) is 0 Å². The van der Waals surface area contributed by atoms with E-state index in [1.54, 1.807) is 0 Å². The van der Waals surface area contributed by atoms with Crippen LogP contribution in [0.2, 0.25) is 0 Å². The van der Waals surface area contributed by atoms with Gasteiger partial charge in [-0.05, 0) is 31.0 Å². The number of aliphatic imine (C=N–C) groups is 1. The summed E-state index contributed by atoms with van der Waals surface area (Å²) in [5.74, 6) is 7.42. The van der Waals surface area contributed by atoms with Gasteiger partial charge in [0.15, 0.2) is 0 Å². The second kappa shape index (κ2) is 7.61. The van der Waals surface area contributed by atoms with Crippen molar-refractivity contribution in [2.75, 3.05) is 0 Å². The maximum Gasteiger partial charge on any atom is 0.0629 e. The second-order valence-electron chi connectivity index (χ2n) is 5.79. The fourth-order valence-corrected chi connectivity index (χ4v) is 2.81. The van der Waals surface area contributed by atoms with Crippen LogP contribution in [0.4, 0.5) is 5.69 Å². The first-order chi connectivity index (χ1) is 10.9. The Balaban J connectivity index is 1.78. The van der Waals surface area contributed by atoms with Gasteiger partial charge in [-0.1, -0.05) is 67.5 Å². The van der Waals surface area contributed by atoms with E-state index >= 15 is 0 Å². The molecular weight excluding hydrogens is 266 g/mol. The van der Waals surface area contributed by atoms with Crippen molar-refractivity contribution in [1.29, 1.82) is 0 Å². The molecule has 22 heavy (non-hydrogen) atoms. The number of hydrogen-bond donors (Lipinski definition) is 0. The Morgan fingerprint density at radius 1 is 0.864 bits per heavy atom. The average Bonchev–Trinajstić information content (AvgIpc) is 2.61. The fourth-order valence-electron chi connectivity index (χ4n) is 2.81. The largest absolute Gasteiger partial charge is 0.256 e. The van der Waals surface area contributed by atoms with Gasteiger partial charge in [0.2, 0.25) is 0 Å². The highest BCUT2D eigenvalue weighted by Gasteiger charge is 2.10. The molecule has 0 bridgehead atoms. The first-order valence-electron chi connectivity index (χ1n) is 8.11. The molecule has 0 spiro atoms. The van der Waals surface area contributed by atoms with Gasteiger partial charge in [-0.25, -0.2) is 0 Å². The summed E-state index contributed by atoms with van der Waals surface area (Å²) in [6.45, 7) is 0. The zero-order valence-electron chi connectivity index (χ0n) is 12.8. The quantitative estimate of drug-likeness (QED) is 0.520. The van der Waals surface area contributed by atoms with Crippen molar-refractivity contribution in [2.24, 2.45) is 10.9 Å². The molecule has 2 aromatic carbocycles. The Morgan fingerprint density at radius 2 is 1.59 bits per heavy atom. The van der Waals surface area contributed by atoms with Crippen molar-refractivity contribution in [3.8, 4) is 11.8 Å². The van der Waals surface area contributed by atoms with Gasteiger partial charge in [-0.3, -0.25) is 4.99 Å². The maximum atomic E-state index is 4.54. The summed E-state index contributed by atoms with van der Waals surface area (Å²) in [5, 5.41) is 0. The van der Waals surface area contributed by atoms with Crippen LogP contribution in [0, 0.1) is 17.8 Å². The van der Waals surface area contributed by atoms with Gasteiger partial charge in [-0.2, -0.15) is 0 Å². The molecule has 0 amide bonds. The predicted molar refractivity (Wildman–Crippen MR) is 93.6 cm³/mol. The van der Waals surface area contributed by atoms with Gasteiger partial charge >= 0.3 is 0 Å². The van der Waals surface area contributed by atoms with Crippen LogP contribution in [-0.4, -0.2) is 6.21 Å². The van der Waals surface area contributed by atoms with Crippen LogP contribution in [0.1, 0.15) is 43.2 Å². The highest BCUT2D eigenvalue weighted by atomic mass is 14.7. The van der Waals surface area contributed by atoms with Gasteiger partial charge < -0.3 is 0 Å². The molecule has 2 aromatic rings. The summed E-state index contributed by atoms with van der Waals surface area (Å²) in [6, 6.07) is 18.3. The van der Waals surface area contributed by atoms with E-state index in [9.17, 15) is 0 Å². The fraction of sp³-hybridized carbons (Fsp3) is 0.286. The van der Waals surface area contributed by atoms with Gasteiger partial charge in [0, 0.05) is 23.3 Å². The highest BCUT2D eigenvalue weighted by molar-refractivity contribution is 5.85. The first kappa shape index (κ1) is 14.6. The number of rotatable bonds is 2. The third kappa shape index (κ3) is 4.09. The van der Waals surface area contributed by atoms with E-state index in [1.165, 1.54) is 32.1 Å². The van der Waals surface area contributed by atoms with Crippen molar-refractivity contribution in [3.63, 3.8) is 0 Å². The Hall–Kier alpha value is -2.33. The Morgan fingerprint density at radius 3 is 2.41 bits per heavy atom. The van der Waals surface area contributed by atoms with Gasteiger partial charge in [-0.15, -0.1) is 0 Å². The lowest BCUT2D eigenvalue weighted by Crippen LogP contribution is -2.03. The Kier molecular flexibility index (Phi) is 5.05. The van der Waals surface area contributed by atoms with Crippen LogP contribution in [0.15, 0.2) is 59.6 Å². The van der Waals surface area contributed by atoms with E-state index in [1.807, 2.05) is 48.7 Å². The van der Waals surface area contributed by atoms with Crippen molar-refractivity contribution < 1.29 is 0 Å². The molecule has 1 aliphatic carbocycles. The number of hydrogen-bond acceptors (Lipinski definition) is 1. The monoisotopic (exact) mass is 287 g/mol. The average molecular weight is 287 g/mol. The molecule has 0 aromatic heterocycles. The third-order valence-corrected chi connectivity index (χ3v) is 4.09. The van der Waals surface area contributed by atoms with Crippen LogP contribution in [0.25, 0.3) is 0 Å². The lowest BCUT2D eigenvalue weighted by atomic mass is 9.89. The summed E-state index contributed by atoms with van der Waals surface area (Å²) in [5.41, 5.74) is 3.14. The highest BCUT2D eigenvalue weighted by Crippen LogP contribution is 2.23. The van der Waals surface area contributed by atoms with Gasteiger partial charge in [0.1, 0.15) is 0 Å². The molecule has 0 radical (unpaired) electrons. The summed E-state index contributed by atoms with van der Waals surface area (Å²) < 4.78 is 0. The minimum Gasteiger partial charge on any atom is -0.256 e. The summed E-state index contributed by atoms with van der Waals surface area (Å²) >= 11 is 0. The van der Waals surface area contributed by atoms with Crippen LogP contribution in [-0.2, 0) is 0 Å². The smallest absolute Gasteiger partial charge is 0.0629 e. The zero-order valence-corrected chi connectivity index (χ0v) is 12.8. The topological polar surface area (TPSA) is 12.4 Å². The van der Waals surface area contributed by atoms with Crippen molar-refractivity contribution >= 4 is 11.9 Å². The molecule has 1 saturated carbocycles. The van der Waals surface area contributed by atoms with E-state index in [2.05, 4.69) is 29.0 Å². The normalized spacial score (nSPS) is 15.5. The minimum atomic E-state index is 0.577. The molecule has 110 valence electrons. The van der Waals surface area contributed by atoms with E-state index in [0.29, 0.717) is 5.92 Å². The summed E-state index contributed by atoms with van der Waals surface area (Å²) in [7, 11) is 0. The molecule has 1 nitrogen and oxygen atoms in total. The van der Waals surface area contributed by atoms with Crippen LogP contribution >= 0.6 is 0 Å². The zero-order chi connectivity index (χ0) is 15.0. The molecule has 3 rings (SSSR count). The number of para-hydroxylation sites is 1. The third-order valence-electron chi connectivity index (χ3n) is 4.09. The first-order valence-corrected chi connectivity index (χ1v) is 8.11. The minimum absolute atomic E-state index is 0.577. The summed E-state index contributed by atoms with van der Waals surface area (Å²) in [6.07, 6.45) is 8.46. The van der Waals surface area contributed by atoms with Gasteiger partial charge in [0.05, 0.1) is 5.69 Å². The number of nitrogens with zero attached hydrogens (tertiary/aromatic N) is 1. The van der Waals surface area contributed by atoms with Gasteiger partial charge in [0.25, 0.3) is 0 Å². The van der Waals surface area contributed by atoms with E-state index in [4.69, 9.17) is 0 Å². The van der Waals surface area contributed by atoms with Crippen LogP contribution < -0.4 is 0 Å². The van der Waals surface area contributed by atoms with Crippen LogP contribution in [0.3, 0.4) is 0 Å². The van der Waals surface area contributed by atoms with Crippen molar-refractivity contribution in [2.45, 2.75) is 32.1 Å². The molecule has 0 atom stereocenters. The molecule has 0 N–H and O–H groups in total. The maximum absolute atomic E-state index is 4.54. The summed E-state index contributed by atoms with van der Waals surface area (Å²) in [4.78, 5) is 4.54. The molecular formula is C21H21N. The van der Waals surface area contributed by atoms with Crippen LogP contribution in [0.5, 0.6) is 0 Å². The number of benzene rings is 2. The molecule has 0 heterocycles.